The number of anilines is 1. The number of nitrogens with one attached hydrogen (secondary N) is 1. The number of aromatic nitrogens is 1. The van der Waals surface area contributed by atoms with E-state index in [9.17, 15) is 4.79 Å². The normalized spacial score (nSPS) is 11.3. The van der Waals surface area contributed by atoms with E-state index in [1.165, 1.54) is 0 Å². The lowest BCUT2D eigenvalue weighted by atomic mass is 10.1. The van der Waals surface area contributed by atoms with Gasteiger partial charge in [0.2, 0.25) is 0 Å². The average molecular weight is 344 g/mol. The van der Waals surface area contributed by atoms with Crippen LogP contribution in [-0.2, 0) is 5.54 Å². The fraction of sp³-hybridized carbons (Fsp3) is 0.450. The Morgan fingerprint density at radius 2 is 1.72 bits per heavy atom. The fourth-order valence-corrected chi connectivity index (χ4v) is 3.30. The number of hydrogen-bond donors (Lipinski definition) is 1. The van der Waals surface area contributed by atoms with Crippen LogP contribution in [0.5, 0.6) is 11.5 Å². The van der Waals surface area contributed by atoms with Gasteiger partial charge in [0.05, 0.1) is 20.8 Å². The van der Waals surface area contributed by atoms with Crippen LogP contribution in [0.25, 0.3) is 0 Å². The maximum absolute atomic E-state index is 12.7. The summed E-state index contributed by atoms with van der Waals surface area (Å²) in [6.07, 6.45) is 0. The zero-order chi connectivity index (χ0) is 18.8. The number of aryl methyl sites for hydroxylation is 1. The Labute approximate surface area is 149 Å². The maximum atomic E-state index is 12.7. The molecule has 2 rings (SSSR count). The highest BCUT2D eigenvalue weighted by atomic mass is 16.5. The molecule has 0 unspecified atom stereocenters. The molecular weight excluding hydrogens is 316 g/mol. The first-order valence-corrected chi connectivity index (χ1v) is 8.37. The van der Waals surface area contributed by atoms with Crippen LogP contribution in [-0.4, -0.2) is 31.1 Å². The number of hydrogen-bond acceptors (Lipinski definition) is 4. The number of ether oxygens (including phenoxy) is 2. The van der Waals surface area contributed by atoms with Gasteiger partial charge in [-0.3, -0.25) is 4.79 Å². The third-order valence-electron chi connectivity index (χ3n) is 4.24. The largest absolute Gasteiger partial charge is 0.493 e. The van der Waals surface area contributed by atoms with Gasteiger partial charge in [-0.05, 0) is 52.8 Å². The molecule has 0 spiro atoms. The van der Waals surface area contributed by atoms with Crippen LogP contribution in [0, 0.1) is 13.8 Å². The van der Waals surface area contributed by atoms with E-state index in [2.05, 4.69) is 30.7 Å². The van der Waals surface area contributed by atoms with Crippen LogP contribution < -0.4 is 14.8 Å². The highest BCUT2D eigenvalue weighted by Gasteiger charge is 2.22. The molecule has 0 atom stereocenters. The smallest absolute Gasteiger partial charge is 0.183 e. The van der Waals surface area contributed by atoms with Gasteiger partial charge in [0.25, 0.3) is 0 Å². The van der Waals surface area contributed by atoms with Crippen molar-refractivity contribution >= 4 is 11.5 Å². The van der Waals surface area contributed by atoms with Crippen molar-refractivity contribution in [2.45, 2.75) is 40.2 Å². The summed E-state index contributed by atoms with van der Waals surface area (Å²) in [5, 5.41) is 3.17. The van der Waals surface area contributed by atoms with E-state index in [0.717, 1.165) is 22.6 Å². The molecule has 1 heterocycles. The molecule has 0 aliphatic heterocycles. The topological polar surface area (TPSA) is 52.5 Å². The molecule has 5 heteroatoms. The number of rotatable bonds is 6. The lowest BCUT2D eigenvalue weighted by Gasteiger charge is -2.25. The molecule has 0 amide bonds. The van der Waals surface area contributed by atoms with Crippen molar-refractivity contribution < 1.29 is 14.3 Å². The number of benzene rings is 1. The molecule has 0 saturated heterocycles. The van der Waals surface area contributed by atoms with Crippen molar-refractivity contribution in [1.82, 2.24) is 4.57 Å². The van der Waals surface area contributed by atoms with Gasteiger partial charge in [0.1, 0.15) is 0 Å². The molecule has 0 aliphatic rings. The molecule has 1 aromatic heterocycles. The molecule has 0 fully saturated rings. The SMILES string of the molecule is COc1ccc(NCC(=O)c2cc(C)n(C(C)(C)C)c2C)cc1OC. The van der Waals surface area contributed by atoms with Crippen LogP contribution in [0.1, 0.15) is 42.5 Å². The van der Waals surface area contributed by atoms with Crippen molar-refractivity contribution in [2.75, 3.05) is 26.1 Å². The maximum Gasteiger partial charge on any atom is 0.183 e. The van der Waals surface area contributed by atoms with Crippen molar-refractivity contribution in [3.05, 3.63) is 41.2 Å². The fourth-order valence-electron chi connectivity index (χ4n) is 3.30. The number of methoxy groups -OCH3 is 2. The predicted octanol–water partition coefficient (Wildman–Crippen LogP) is 4.17. The first-order valence-electron chi connectivity index (χ1n) is 8.37. The third-order valence-corrected chi connectivity index (χ3v) is 4.24. The molecule has 1 aromatic carbocycles. The molecule has 2 aromatic rings. The molecule has 0 aliphatic carbocycles. The molecule has 0 saturated carbocycles. The average Bonchev–Trinajstić information content (AvgIpc) is 2.86. The summed E-state index contributed by atoms with van der Waals surface area (Å²) >= 11 is 0. The third kappa shape index (κ3) is 3.98. The Balaban J connectivity index is 2.16. The molecule has 5 nitrogen and oxygen atoms in total. The molecular formula is C20H28N2O3. The van der Waals surface area contributed by atoms with Crippen molar-refractivity contribution in [2.24, 2.45) is 0 Å². The van der Waals surface area contributed by atoms with Gasteiger partial charge in [0.15, 0.2) is 17.3 Å². The highest BCUT2D eigenvalue weighted by molar-refractivity contribution is 6.00. The molecule has 1 N–H and O–H groups in total. The summed E-state index contributed by atoms with van der Waals surface area (Å²) in [6.45, 7) is 10.7. The van der Waals surface area contributed by atoms with Crippen LogP contribution in [0.3, 0.4) is 0 Å². The number of Topliss-reactive ketones (excluding diaryl/α,β-unsaturated/α-hetero) is 1. The highest BCUT2D eigenvalue weighted by Crippen LogP contribution is 2.30. The van der Waals surface area contributed by atoms with E-state index in [4.69, 9.17) is 9.47 Å². The van der Waals surface area contributed by atoms with Crippen LogP contribution in [0.15, 0.2) is 24.3 Å². The van der Waals surface area contributed by atoms with E-state index >= 15 is 0 Å². The molecule has 0 radical (unpaired) electrons. The Morgan fingerprint density at radius 3 is 2.24 bits per heavy atom. The summed E-state index contributed by atoms with van der Waals surface area (Å²) in [5.74, 6) is 1.36. The second-order valence-electron chi connectivity index (χ2n) is 7.14. The van der Waals surface area contributed by atoms with E-state index < -0.39 is 0 Å². The van der Waals surface area contributed by atoms with Crippen molar-refractivity contribution in [3.63, 3.8) is 0 Å². The first-order chi connectivity index (χ1) is 11.7. The minimum Gasteiger partial charge on any atom is -0.493 e. The summed E-state index contributed by atoms with van der Waals surface area (Å²) in [4.78, 5) is 12.7. The second kappa shape index (κ2) is 7.21. The Hall–Kier alpha value is -2.43. The minimum absolute atomic E-state index is 0.0521. The van der Waals surface area contributed by atoms with Crippen molar-refractivity contribution in [3.8, 4) is 11.5 Å². The Bertz CT molecular complexity index is 770. The zero-order valence-electron chi connectivity index (χ0n) is 16.2. The lowest BCUT2D eigenvalue weighted by Crippen LogP contribution is -2.24. The summed E-state index contributed by atoms with van der Waals surface area (Å²) < 4.78 is 12.7. The summed E-state index contributed by atoms with van der Waals surface area (Å²) in [7, 11) is 3.19. The molecule has 0 bridgehead atoms. The van der Waals surface area contributed by atoms with Crippen molar-refractivity contribution in [1.29, 1.82) is 0 Å². The predicted molar refractivity (Wildman–Crippen MR) is 101 cm³/mol. The second-order valence-corrected chi connectivity index (χ2v) is 7.14. The van der Waals surface area contributed by atoms with Crippen LogP contribution in [0.2, 0.25) is 0 Å². The number of carbonyl (C=O) groups is 1. The number of nitrogens with zero attached hydrogens (tertiary/aromatic N) is 1. The van der Waals surface area contributed by atoms with Gasteiger partial charge >= 0.3 is 0 Å². The zero-order valence-corrected chi connectivity index (χ0v) is 16.2. The van der Waals surface area contributed by atoms with Gasteiger partial charge < -0.3 is 19.4 Å². The first kappa shape index (κ1) is 18.9. The van der Waals surface area contributed by atoms with E-state index in [0.29, 0.717) is 11.5 Å². The summed E-state index contributed by atoms with van der Waals surface area (Å²) in [6, 6.07) is 7.48. The molecule has 136 valence electrons. The van der Waals surface area contributed by atoms with Crippen LogP contribution >= 0.6 is 0 Å². The lowest BCUT2D eigenvalue weighted by molar-refractivity contribution is 0.100. The van der Waals surface area contributed by atoms with E-state index in [-0.39, 0.29) is 17.9 Å². The van der Waals surface area contributed by atoms with Gasteiger partial charge in [-0.15, -0.1) is 0 Å². The van der Waals surface area contributed by atoms with E-state index in [1.807, 2.05) is 38.1 Å². The molecule has 25 heavy (non-hydrogen) atoms. The van der Waals surface area contributed by atoms with Gasteiger partial charge in [-0.25, -0.2) is 0 Å². The number of ketones is 1. The Morgan fingerprint density at radius 1 is 1.08 bits per heavy atom. The quantitative estimate of drug-likeness (QED) is 0.799. The number of carbonyl (C=O) groups excluding carboxylic acids is 1. The standard InChI is InChI=1S/C20H28N2O3/c1-13-10-16(14(2)22(13)20(3,4)5)17(23)12-21-15-8-9-18(24-6)19(11-15)25-7/h8-11,21H,12H2,1-7H3. The monoisotopic (exact) mass is 344 g/mol. The minimum atomic E-state index is -0.0521. The van der Waals surface area contributed by atoms with Gasteiger partial charge in [-0.2, -0.15) is 0 Å². The van der Waals surface area contributed by atoms with Gasteiger partial charge in [-0.1, -0.05) is 0 Å². The van der Waals surface area contributed by atoms with Crippen LogP contribution in [0.4, 0.5) is 5.69 Å². The Kier molecular flexibility index (Phi) is 5.45. The summed E-state index contributed by atoms with van der Waals surface area (Å²) in [5.41, 5.74) is 3.63. The van der Waals surface area contributed by atoms with Gasteiger partial charge in [0, 0.05) is 34.2 Å². The van der Waals surface area contributed by atoms with E-state index in [1.54, 1.807) is 14.2 Å².